The van der Waals surface area contributed by atoms with Crippen LogP contribution >= 0.6 is 0 Å². The van der Waals surface area contributed by atoms with Gasteiger partial charge >= 0.3 is 0 Å². The molecule has 0 bridgehead atoms. The highest BCUT2D eigenvalue weighted by atomic mass is 32.2. The van der Waals surface area contributed by atoms with Crippen LogP contribution in [-0.2, 0) is 14.6 Å². The molecule has 0 radical (unpaired) electrons. The zero-order valence-electron chi connectivity index (χ0n) is 12.9. The van der Waals surface area contributed by atoms with Crippen molar-refractivity contribution >= 4 is 21.8 Å². The highest BCUT2D eigenvalue weighted by Gasteiger charge is 2.30. The van der Waals surface area contributed by atoms with Crippen molar-refractivity contribution in [3.05, 3.63) is 29.3 Å². The Hall–Kier alpha value is -2.02. The standard InChI is InChI=1S/C16H19NO5S/c1-2-21-14-3-4-15-11(8-14)7-12(9-22-15)16(18)17-13-5-6-23(19,20)10-13/h3-4,7-8,13H,2,5-6,9-10H2,1H3,(H,17,18). The monoisotopic (exact) mass is 337 g/mol. The van der Waals surface area contributed by atoms with Gasteiger partial charge < -0.3 is 14.8 Å². The van der Waals surface area contributed by atoms with E-state index in [1.165, 1.54) is 0 Å². The molecule has 0 spiro atoms. The fourth-order valence-electron chi connectivity index (χ4n) is 2.73. The van der Waals surface area contributed by atoms with Crippen molar-refractivity contribution in [2.24, 2.45) is 0 Å². The fourth-order valence-corrected chi connectivity index (χ4v) is 4.40. The van der Waals surface area contributed by atoms with Crippen LogP contribution in [0.25, 0.3) is 6.08 Å². The van der Waals surface area contributed by atoms with Crippen molar-refractivity contribution in [2.75, 3.05) is 24.7 Å². The molecule has 2 aliphatic rings. The SMILES string of the molecule is CCOc1ccc2c(c1)C=C(C(=O)NC1CCS(=O)(=O)C1)CO2. The van der Waals surface area contributed by atoms with E-state index in [-0.39, 0.29) is 30.1 Å². The van der Waals surface area contributed by atoms with E-state index in [0.29, 0.717) is 24.4 Å². The molecule has 6 nitrogen and oxygen atoms in total. The van der Waals surface area contributed by atoms with Gasteiger partial charge in [-0.3, -0.25) is 4.79 Å². The molecule has 2 aliphatic heterocycles. The van der Waals surface area contributed by atoms with Gasteiger partial charge in [-0.25, -0.2) is 8.42 Å². The van der Waals surface area contributed by atoms with E-state index in [4.69, 9.17) is 9.47 Å². The Morgan fingerprint density at radius 1 is 1.43 bits per heavy atom. The maximum atomic E-state index is 12.3. The van der Waals surface area contributed by atoms with Gasteiger partial charge in [0, 0.05) is 11.6 Å². The van der Waals surface area contributed by atoms with Gasteiger partial charge in [-0.15, -0.1) is 0 Å². The molecular weight excluding hydrogens is 318 g/mol. The fraction of sp³-hybridized carbons (Fsp3) is 0.438. The van der Waals surface area contributed by atoms with Crippen LogP contribution in [0.5, 0.6) is 11.5 Å². The lowest BCUT2D eigenvalue weighted by atomic mass is 10.1. The number of amides is 1. The first kappa shape index (κ1) is 15.9. The number of ether oxygens (including phenoxy) is 2. The van der Waals surface area contributed by atoms with Crippen molar-refractivity contribution < 1.29 is 22.7 Å². The zero-order chi connectivity index (χ0) is 16.4. The average molecular weight is 337 g/mol. The number of sulfone groups is 1. The molecule has 23 heavy (non-hydrogen) atoms. The summed E-state index contributed by atoms with van der Waals surface area (Å²) in [5.74, 6) is 1.29. The molecule has 1 aromatic rings. The maximum Gasteiger partial charge on any atom is 0.250 e. The number of hydrogen-bond acceptors (Lipinski definition) is 5. The Morgan fingerprint density at radius 2 is 2.26 bits per heavy atom. The van der Waals surface area contributed by atoms with Crippen molar-refractivity contribution in [3.63, 3.8) is 0 Å². The summed E-state index contributed by atoms with van der Waals surface area (Å²) in [5.41, 5.74) is 1.27. The number of carbonyl (C=O) groups excluding carboxylic acids is 1. The van der Waals surface area contributed by atoms with Gasteiger partial charge in [0.05, 0.1) is 23.7 Å². The van der Waals surface area contributed by atoms with Crippen molar-refractivity contribution in [2.45, 2.75) is 19.4 Å². The van der Waals surface area contributed by atoms with Gasteiger partial charge in [-0.2, -0.15) is 0 Å². The first-order valence-electron chi connectivity index (χ1n) is 7.58. The van der Waals surface area contributed by atoms with Crippen LogP contribution in [-0.4, -0.2) is 45.1 Å². The number of benzene rings is 1. The Balaban J connectivity index is 1.73. The molecule has 1 aromatic carbocycles. The molecule has 0 saturated carbocycles. The Labute approximate surface area is 135 Å². The lowest BCUT2D eigenvalue weighted by Gasteiger charge is -2.19. The molecule has 1 N–H and O–H groups in total. The van der Waals surface area contributed by atoms with Gasteiger partial charge in [0.15, 0.2) is 9.84 Å². The molecular formula is C16H19NO5S. The Kier molecular flexibility index (Phi) is 4.30. The second kappa shape index (κ2) is 6.23. The molecule has 1 fully saturated rings. The van der Waals surface area contributed by atoms with Gasteiger partial charge in [-0.05, 0) is 37.6 Å². The molecule has 124 valence electrons. The summed E-state index contributed by atoms with van der Waals surface area (Å²) < 4.78 is 34.0. The van der Waals surface area contributed by atoms with E-state index in [2.05, 4.69) is 5.32 Å². The molecule has 3 rings (SSSR count). The summed E-state index contributed by atoms with van der Waals surface area (Å²) >= 11 is 0. The highest BCUT2D eigenvalue weighted by Crippen LogP contribution is 2.30. The molecule has 1 unspecified atom stereocenters. The van der Waals surface area contributed by atoms with E-state index in [9.17, 15) is 13.2 Å². The van der Waals surface area contributed by atoms with Gasteiger partial charge in [0.1, 0.15) is 18.1 Å². The lowest BCUT2D eigenvalue weighted by Crippen LogP contribution is -2.38. The number of nitrogens with one attached hydrogen (secondary N) is 1. The summed E-state index contributed by atoms with van der Waals surface area (Å²) in [6.45, 7) is 2.64. The summed E-state index contributed by atoms with van der Waals surface area (Å²) in [4.78, 5) is 12.3. The molecule has 1 saturated heterocycles. The smallest absolute Gasteiger partial charge is 0.250 e. The quantitative estimate of drug-likeness (QED) is 0.892. The Morgan fingerprint density at radius 3 is 2.96 bits per heavy atom. The van der Waals surface area contributed by atoms with Crippen LogP contribution in [0.15, 0.2) is 23.8 Å². The molecule has 0 aromatic heterocycles. The van der Waals surface area contributed by atoms with E-state index in [1.807, 2.05) is 25.1 Å². The second-order valence-corrected chi connectivity index (χ2v) is 7.89. The number of rotatable bonds is 4. The number of hydrogen-bond donors (Lipinski definition) is 1. The van der Waals surface area contributed by atoms with E-state index in [0.717, 1.165) is 11.3 Å². The topological polar surface area (TPSA) is 81.7 Å². The first-order chi connectivity index (χ1) is 11.0. The van der Waals surface area contributed by atoms with Gasteiger partial charge in [0.2, 0.25) is 0 Å². The minimum absolute atomic E-state index is 0.0119. The Bertz CT molecular complexity index is 754. The molecule has 7 heteroatoms. The zero-order valence-corrected chi connectivity index (χ0v) is 13.7. The van der Waals surface area contributed by atoms with Crippen molar-refractivity contribution in [1.29, 1.82) is 0 Å². The average Bonchev–Trinajstić information content (AvgIpc) is 2.85. The second-order valence-electron chi connectivity index (χ2n) is 5.66. The number of fused-ring (bicyclic) bond motifs is 1. The van der Waals surface area contributed by atoms with E-state index in [1.54, 1.807) is 6.08 Å². The van der Waals surface area contributed by atoms with Crippen LogP contribution in [0.2, 0.25) is 0 Å². The highest BCUT2D eigenvalue weighted by molar-refractivity contribution is 7.91. The predicted molar refractivity (Wildman–Crippen MR) is 86.3 cm³/mol. The van der Waals surface area contributed by atoms with Crippen LogP contribution in [0.4, 0.5) is 0 Å². The largest absolute Gasteiger partial charge is 0.494 e. The normalized spacial score (nSPS) is 21.8. The molecule has 1 amide bonds. The minimum Gasteiger partial charge on any atom is -0.494 e. The van der Waals surface area contributed by atoms with E-state index >= 15 is 0 Å². The summed E-state index contributed by atoms with van der Waals surface area (Å²) in [6.07, 6.45) is 2.23. The third-order valence-electron chi connectivity index (χ3n) is 3.86. The molecule has 1 atom stereocenters. The van der Waals surface area contributed by atoms with Gasteiger partial charge in [-0.1, -0.05) is 0 Å². The van der Waals surface area contributed by atoms with Crippen molar-refractivity contribution in [1.82, 2.24) is 5.32 Å². The number of carbonyl (C=O) groups is 1. The molecule has 0 aliphatic carbocycles. The first-order valence-corrected chi connectivity index (χ1v) is 9.40. The third kappa shape index (κ3) is 3.67. The minimum atomic E-state index is -3.01. The van der Waals surface area contributed by atoms with E-state index < -0.39 is 9.84 Å². The summed E-state index contributed by atoms with van der Waals surface area (Å²) in [5, 5.41) is 2.78. The van der Waals surface area contributed by atoms with Crippen LogP contribution < -0.4 is 14.8 Å². The maximum absolute atomic E-state index is 12.3. The van der Waals surface area contributed by atoms with Gasteiger partial charge in [0.25, 0.3) is 5.91 Å². The summed E-state index contributed by atoms with van der Waals surface area (Å²) in [7, 11) is -3.01. The van der Waals surface area contributed by atoms with Crippen molar-refractivity contribution in [3.8, 4) is 11.5 Å². The molecule has 2 heterocycles. The lowest BCUT2D eigenvalue weighted by molar-refractivity contribution is -0.118. The predicted octanol–water partition coefficient (Wildman–Crippen LogP) is 1.16. The van der Waals surface area contributed by atoms with Crippen LogP contribution in [0.3, 0.4) is 0 Å². The van der Waals surface area contributed by atoms with Crippen LogP contribution in [0, 0.1) is 0 Å². The third-order valence-corrected chi connectivity index (χ3v) is 5.63. The summed E-state index contributed by atoms with van der Waals surface area (Å²) in [6, 6.07) is 5.15. The van der Waals surface area contributed by atoms with Crippen LogP contribution in [0.1, 0.15) is 18.9 Å².